The Kier molecular flexibility index (Phi) is 3.42. The number of benzene rings is 2. The summed E-state index contributed by atoms with van der Waals surface area (Å²) < 4.78 is 12.1. The number of amides is 1. The summed E-state index contributed by atoms with van der Waals surface area (Å²) in [6.07, 6.45) is 0. The van der Waals surface area contributed by atoms with Crippen LogP contribution in [0.3, 0.4) is 0 Å². The summed E-state index contributed by atoms with van der Waals surface area (Å²) in [5.74, 6) is 0.603. The van der Waals surface area contributed by atoms with E-state index in [-0.39, 0.29) is 5.91 Å². The molecule has 2 aromatic carbocycles. The van der Waals surface area contributed by atoms with E-state index in [1.165, 1.54) is 0 Å². The van der Waals surface area contributed by atoms with E-state index in [1.807, 2.05) is 25.1 Å². The van der Waals surface area contributed by atoms with E-state index in [0.717, 1.165) is 15.4 Å². The van der Waals surface area contributed by atoms with E-state index in [9.17, 15) is 4.79 Å². The van der Waals surface area contributed by atoms with Crippen LogP contribution in [0.5, 0.6) is 0 Å². The minimum Gasteiger partial charge on any atom is -0.451 e. The van der Waals surface area contributed by atoms with Crippen molar-refractivity contribution < 1.29 is 13.6 Å². The summed E-state index contributed by atoms with van der Waals surface area (Å²) in [6.45, 7) is 3.66. The van der Waals surface area contributed by atoms with Gasteiger partial charge in [-0.05, 0) is 43.3 Å². The summed E-state index contributed by atoms with van der Waals surface area (Å²) in [6, 6.07) is 11.0. The fourth-order valence-corrected chi connectivity index (χ4v) is 3.08. The molecule has 0 aliphatic carbocycles. The van der Waals surface area contributed by atoms with Gasteiger partial charge in [0.2, 0.25) is 0 Å². The fraction of sp³-hybridized carbons (Fsp3) is 0.111. The van der Waals surface area contributed by atoms with Crippen LogP contribution in [-0.4, -0.2) is 10.9 Å². The van der Waals surface area contributed by atoms with Crippen LogP contribution in [0.15, 0.2) is 49.7 Å². The fourth-order valence-electron chi connectivity index (χ4n) is 2.72. The highest BCUT2D eigenvalue weighted by molar-refractivity contribution is 9.10. The first-order valence-electron chi connectivity index (χ1n) is 7.38. The summed E-state index contributed by atoms with van der Waals surface area (Å²) in [7, 11) is 0. The van der Waals surface area contributed by atoms with Gasteiger partial charge in [-0.2, -0.15) is 0 Å². The quantitative estimate of drug-likeness (QED) is 0.515. The number of carbonyl (C=O) groups excluding carboxylic acids is 1. The van der Waals surface area contributed by atoms with Crippen molar-refractivity contribution in [2.24, 2.45) is 0 Å². The third-order valence-corrected chi connectivity index (χ3v) is 4.35. The molecule has 0 saturated carbocycles. The maximum absolute atomic E-state index is 12.6. The molecule has 0 fully saturated rings. The number of anilines is 1. The third kappa shape index (κ3) is 2.49. The molecule has 1 N–H and O–H groups in total. The molecule has 4 rings (SSSR count). The third-order valence-electron chi connectivity index (χ3n) is 3.86. The highest BCUT2D eigenvalue weighted by Crippen LogP contribution is 2.29. The molecule has 6 heteroatoms. The number of fused-ring (bicyclic) bond motifs is 2. The molecule has 24 heavy (non-hydrogen) atoms. The lowest BCUT2D eigenvalue weighted by atomic mass is 10.1. The normalized spacial score (nSPS) is 11.3. The predicted octanol–water partition coefficient (Wildman–Crippen LogP) is 5.21. The Morgan fingerprint density at radius 3 is 2.71 bits per heavy atom. The lowest BCUT2D eigenvalue weighted by Crippen LogP contribution is -2.12. The molecule has 2 aromatic heterocycles. The van der Waals surface area contributed by atoms with Crippen LogP contribution in [0.1, 0.15) is 22.0 Å². The van der Waals surface area contributed by atoms with Gasteiger partial charge in [0.1, 0.15) is 11.1 Å². The summed E-state index contributed by atoms with van der Waals surface area (Å²) in [5.41, 5.74) is 3.53. The van der Waals surface area contributed by atoms with Gasteiger partial charge in [0, 0.05) is 28.0 Å². The molecule has 4 aromatic rings. The van der Waals surface area contributed by atoms with Crippen molar-refractivity contribution in [1.82, 2.24) is 4.98 Å². The number of rotatable bonds is 2. The largest absolute Gasteiger partial charge is 0.451 e. The zero-order valence-corrected chi connectivity index (χ0v) is 14.6. The molecule has 0 saturated heterocycles. The van der Waals surface area contributed by atoms with Gasteiger partial charge in [0.05, 0.1) is 0 Å². The van der Waals surface area contributed by atoms with E-state index >= 15 is 0 Å². The van der Waals surface area contributed by atoms with Gasteiger partial charge < -0.3 is 14.2 Å². The Balaban J connectivity index is 1.68. The molecule has 0 atom stereocenters. The number of carbonyl (C=O) groups is 1. The average Bonchev–Trinajstić information content (AvgIpc) is 3.06. The van der Waals surface area contributed by atoms with Crippen LogP contribution < -0.4 is 5.32 Å². The van der Waals surface area contributed by atoms with Crippen LogP contribution >= 0.6 is 15.9 Å². The Labute approximate surface area is 145 Å². The topological polar surface area (TPSA) is 68.3 Å². The molecule has 0 spiro atoms. The smallest absolute Gasteiger partial charge is 0.291 e. The first-order valence-corrected chi connectivity index (χ1v) is 8.18. The number of aromatic nitrogens is 1. The molecule has 0 bridgehead atoms. The SMILES string of the molecule is Cc1nc2cc(NC(=O)c3oc4ccc(Br)cc4c3C)ccc2o1. The van der Waals surface area contributed by atoms with Crippen LogP contribution in [0.2, 0.25) is 0 Å². The number of furan rings is 1. The van der Waals surface area contributed by atoms with Crippen molar-refractivity contribution in [3.63, 3.8) is 0 Å². The Bertz CT molecular complexity index is 1090. The first kappa shape index (κ1) is 15.0. The van der Waals surface area contributed by atoms with Crippen molar-refractivity contribution in [3.05, 3.63) is 58.1 Å². The van der Waals surface area contributed by atoms with Crippen molar-refractivity contribution >= 4 is 49.6 Å². The van der Waals surface area contributed by atoms with E-state index in [1.54, 1.807) is 25.1 Å². The molecule has 0 aliphatic heterocycles. The molecule has 0 radical (unpaired) electrons. The molecular weight excluding hydrogens is 372 g/mol. The van der Waals surface area contributed by atoms with E-state index < -0.39 is 0 Å². The van der Waals surface area contributed by atoms with Gasteiger partial charge in [0.15, 0.2) is 17.2 Å². The van der Waals surface area contributed by atoms with Crippen molar-refractivity contribution in [2.75, 3.05) is 5.32 Å². The van der Waals surface area contributed by atoms with Gasteiger partial charge in [0.25, 0.3) is 5.91 Å². The zero-order chi connectivity index (χ0) is 16.8. The van der Waals surface area contributed by atoms with E-state index in [2.05, 4.69) is 26.2 Å². The molecular formula is C18H13BrN2O3. The maximum atomic E-state index is 12.6. The van der Waals surface area contributed by atoms with E-state index in [4.69, 9.17) is 8.83 Å². The number of oxazole rings is 1. The highest BCUT2D eigenvalue weighted by atomic mass is 79.9. The number of hydrogen-bond donors (Lipinski definition) is 1. The Morgan fingerprint density at radius 1 is 1.08 bits per heavy atom. The monoisotopic (exact) mass is 384 g/mol. The van der Waals surface area contributed by atoms with Crippen molar-refractivity contribution in [3.8, 4) is 0 Å². The van der Waals surface area contributed by atoms with Gasteiger partial charge in [-0.25, -0.2) is 4.98 Å². The maximum Gasteiger partial charge on any atom is 0.291 e. The minimum absolute atomic E-state index is 0.292. The molecule has 0 unspecified atom stereocenters. The number of hydrogen-bond acceptors (Lipinski definition) is 4. The highest BCUT2D eigenvalue weighted by Gasteiger charge is 2.18. The standard InChI is InChI=1S/C18H13BrN2O3/c1-9-13-7-11(19)3-5-15(13)24-17(9)18(22)21-12-4-6-16-14(8-12)20-10(2)23-16/h3-8H,1-2H3,(H,21,22). The Morgan fingerprint density at radius 2 is 1.88 bits per heavy atom. The second-order valence-electron chi connectivity index (χ2n) is 5.57. The second kappa shape index (κ2) is 5.49. The summed E-state index contributed by atoms with van der Waals surface area (Å²) in [4.78, 5) is 16.8. The molecule has 0 aliphatic rings. The number of aryl methyl sites for hydroxylation is 2. The van der Waals surface area contributed by atoms with E-state index in [0.29, 0.717) is 34.0 Å². The van der Waals surface area contributed by atoms with Crippen LogP contribution in [-0.2, 0) is 0 Å². The zero-order valence-electron chi connectivity index (χ0n) is 13.0. The van der Waals surface area contributed by atoms with Crippen molar-refractivity contribution in [2.45, 2.75) is 13.8 Å². The lowest BCUT2D eigenvalue weighted by molar-refractivity contribution is 0.0998. The van der Waals surface area contributed by atoms with Crippen molar-refractivity contribution in [1.29, 1.82) is 0 Å². The number of nitrogens with one attached hydrogen (secondary N) is 1. The van der Waals surface area contributed by atoms with Crippen LogP contribution in [0, 0.1) is 13.8 Å². The summed E-state index contributed by atoms with van der Waals surface area (Å²) >= 11 is 3.43. The second-order valence-corrected chi connectivity index (χ2v) is 6.48. The number of halogens is 1. The van der Waals surface area contributed by atoms with Gasteiger partial charge in [-0.1, -0.05) is 15.9 Å². The van der Waals surface area contributed by atoms with Gasteiger partial charge >= 0.3 is 0 Å². The van der Waals surface area contributed by atoms with Gasteiger partial charge in [-0.15, -0.1) is 0 Å². The molecule has 1 amide bonds. The minimum atomic E-state index is -0.292. The molecule has 120 valence electrons. The Hall–Kier alpha value is -2.60. The predicted molar refractivity (Wildman–Crippen MR) is 95.4 cm³/mol. The lowest BCUT2D eigenvalue weighted by Gasteiger charge is -2.03. The summed E-state index contributed by atoms with van der Waals surface area (Å²) in [5, 5.41) is 3.76. The average molecular weight is 385 g/mol. The molecule has 5 nitrogen and oxygen atoms in total. The van der Waals surface area contributed by atoms with Gasteiger partial charge in [-0.3, -0.25) is 4.79 Å². The van der Waals surface area contributed by atoms with Crippen LogP contribution in [0.25, 0.3) is 22.1 Å². The molecule has 2 heterocycles. The van der Waals surface area contributed by atoms with Crippen LogP contribution in [0.4, 0.5) is 5.69 Å². The first-order chi connectivity index (χ1) is 11.5. The number of nitrogens with zero attached hydrogens (tertiary/aromatic N) is 1.